The summed E-state index contributed by atoms with van der Waals surface area (Å²) in [5.74, 6) is 0.794. The van der Waals surface area contributed by atoms with Crippen molar-refractivity contribution in [3.63, 3.8) is 0 Å². The van der Waals surface area contributed by atoms with Crippen molar-refractivity contribution >= 4 is 29.3 Å². The van der Waals surface area contributed by atoms with Crippen LogP contribution < -0.4 is 19.7 Å². The molecule has 2 unspecified atom stereocenters. The number of nitrogens with one attached hydrogen (secondary N) is 1. The molecular weight excluding hydrogens is 417 g/mol. The first-order valence-corrected chi connectivity index (χ1v) is 9.86. The standard InChI is InChI=1S/C22H20FN5O4/c1-26-19-18(20(29)25-22(26)30)27-11-16(12-4-6-13(23)7-5-12)28(21(27)24-19)15-10-14(31-2)8-9-17(15)32-3/h4-11,18-19H,1-3H3,(H,25,29,30). The van der Waals surface area contributed by atoms with Gasteiger partial charge < -0.3 is 14.4 Å². The maximum Gasteiger partial charge on any atom is 0.325 e. The van der Waals surface area contributed by atoms with Crippen molar-refractivity contribution in [2.45, 2.75) is 12.2 Å². The number of rotatable bonds is 4. The van der Waals surface area contributed by atoms with Crippen molar-refractivity contribution in [3.8, 4) is 11.5 Å². The average Bonchev–Trinajstić information content (AvgIpc) is 3.34. The molecule has 3 amide bonds. The molecule has 2 aromatic carbocycles. The van der Waals surface area contributed by atoms with Gasteiger partial charge in [-0.05, 0) is 36.4 Å². The van der Waals surface area contributed by atoms with E-state index in [9.17, 15) is 14.0 Å². The highest BCUT2D eigenvalue weighted by molar-refractivity contribution is 6.16. The van der Waals surface area contributed by atoms with Gasteiger partial charge >= 0.3 is 6.03 Å². The summed E-state index contributed by atoms with van der Waals surface area (Å²) in [5.41, 5.74) is 2.00. The van der Waals surface area contributed by atoms with Crippen LogP contribution in [0.15, 0.2) is 53.7 Å². The van der Waals surface area contributed by atoms with Gasteiger partial charge in [0.05, 0.1) is 25.6 Å². The van der Waals surface area contributed by atoms with Crippen LogP contribution >= 0.6 is 0 Å². The lowest BCUT2D eigenvalue weighted by molar-refractivity contribution is -0.126. The van der Waals surface area contributed by atoms with Crippen LogP contribution in [0.4, 0.5) is 14.9 Å². The van der Waals surface area contributed by atoms with Gasteiger partial charge in [0, 0.05) is 24.9 Å². The Kier molecular flexibility index (Phi) is 4.50. The van der Waals surface area contributed by atoms with Crippen LogP contribution in [0.3, 0.4) is 0 Å². The smallest absolute Gasteiger partial charge is 0.325 e. The number of ether oxygens (including phenoxy) is 2. The number of nitrogens with zero attached hydrogens (tertiary/aromatic N) is 4. The second-order valence-electron chi connectivity index (χ2n) is 7.49. The number of likely N-dealkylation sites (N-methyl/N-ethyl adjacent to an activating group) is 1. The van der Waals surface area contributed by atoms with Crippen molar-refractivity contribution in [1.29, 1.82) is 0 Å². The summed E-state index contributed by atoms with van der Waals surface area (Å²) >= 11 is 0. The molecule has 164 valence electrons. The number of amides is 3. The van der Waals surface area contributed by atoms with E-state index < -0.39 is 24.1 Å². The number of carbonyl (C=O) groups excluding carboxylic acids is 2. The zero-order valence-electron chi connectivity index (χ0n) is 17.6. The van der Waals surface area contributed by atoms with Crippen molar-refractivity contribution in [1.82, 2.24) is 15.1 Å². The quantitative estimate of drug-likeness (QED) is 0.790. The Labute approximate surface area is 183 Å². The molecule has 3 heterocycles. The zero-order valence-corrected chi connectivity index (χ0v) is 17.6. The van der Waals surface area contributed by atoms with E-state index in [0.29, 0.717) is 34.4 Å². The zero-order chi connectivity index (χ0) is 22.6. The van der Waals surface area contributed by atoms with E-state index in [1.165, 1.54) is 17.0 Å². The second kappa shape index (κ2) is 7.26. The Hall–Kier alpha value is -4.08. The summed E-state index contributed by atoms with van der Waals surface area (Å²) in [6, 6.07) is 10.1. The van der Waals surface area contributed by atoms with Gasteiger partial charge in [0.15, 0.2) is 12.2 Å². The minimum atomic E-state index is -0.732. The molecule has 0 aliphatic carbocycles. The summed E-state index contributed by atoms with van der Waals surface area (Å²) < 4.78 is 24.6. The predicted molar refractivity (Wildman–Crippen MR) is 115 cm³/mol. The van der Waals surface area contributed by atoms with Gasteiger partial charge in [-0.3, -0.25) is 19.9 Å². The highest BCUT2D eigenvalue weighted by Crippen LogP contribution is 2.43. The first kappa shape index (κ1) is 19.9. The van der Waals surface area contributed by atoms with Crippen molar-refractivity contribution in [2.24, 2.45) is 4.99 Å². The molecule has 2 aromatic rings. The number of imide groups is 1. The Morgan fingerprint density at radius 1 is 1.06 bits per heavy atom. The van der Waals surface area contributed by atoms with E-state index in [1.54, 1.807) is 62.7 Å². The summed E-state index contributed by atoms with van der Waals surface area (Å²) in [7, 11) is 4.70. The number of hydrogen-bond donors (Lipinski definition) is 1. The maximum absolute atomic E-state index is 13.6. The number of aliphatic imine (C=N–C) groups is 1. The average molecular weight is 437 g/mol. The van der Waals surface area contributed by atoms with Gasteiger partial charge in [-0.1, -0.05) is 0 Å². The van der Waals surface area contributed by atoms with Gasteiger partial charge in [0.1, 0.15) is 17.3 Å². The Morgan fingerprint density at radius 3 is 2.50 bits per heavy atom. The Bertz CT molecular complexity index is 1180. The first-order valence-electron chi connectivity index (χ1n) is 9.86. The van der Waals surface area contributed by atoms with Gasteiger partial charge in [-0.25, -0.2) is 14.2 Å². The van der Waals surface area contributed by atoms with E-state index in [4.69, 9.17) is 14.5 Å². The summed E-state index contributed by atoms with van der Waals surface area (Å²) in [4.78, 5) is 34.5. The van der Waals surface area contributed by atoms with E-state index in [2.05, 4.69) is 5.32 Å². The molecule has 0 aromatic heterocycles. The van der Waals surface area contributed by atoms with Crippen LogP contribution in [0.2, 0.25) is 0 Å². The van der Waals surface area contributed by atoms with Crippen molar-refractivity contribution < 1.29 is 23.5 Å². The third-order valence-corrected chi connectivity index (χ3v) is 5.75. The molecule has 0 saturated carbocycles. The topological polar surface area (TPSA) is 86.7 Å². The molecule has 0 spiro atoms. The third-order valence-electron chi connectivity index (χ3n) is 5.75. The number of halogens is 1. The van der Waals surface area contributed by atoms with E-state index in [0.717, 1.165) is 0 Å². The molecular formula is C22H20FN5O4. The highest BCUT2D eigenvalue weighted by Gasteiger charge is 2.52. The SMILES string of the molecule is COc1ccc(OC)c(N2C(c3ccc(F)cc3)=CN3C2=NC2C3C(=O)NC(=O)N2C)c1. The van der Waals surface area contributed by atoms with E-state index in [1.807, 2.05) is 4.90 Å². The largest absolute Gasteiger partial charge is 0.497 e. The maximum atomic E-state index is 13.6. The van der Waals surface area contributed by atoms with Gasteiger partial charge in [0.25, 0.3) is 5.91 Å². The normalized spacial score (nSPS) is 21.7. The number of fused-ring (bicyclic) bond motifs is 3. The number of guanidine groups is 1. The predicted octanol–water partition coefficient (Wildman–Crippen LogP) is 2.21. The van der Waals surface area contributed by atoms with Gasteiger partial charge in [-0.15, -0.1) is 0 Å². The molecule has 9 nitrogen and oxygen atoms in total. The molecule has 1 saturated heterocycles. The molecule has 5 rings (SSSR count). The summed E-state index contributed by atoms with van der Waals surface area (Å²) in [5, 5.41) is 2.36. The van der Waals surface area contributed by atoms with Crippen LogP contribution in [-0.4, -0.2) is 61.2 Å². The Morgan fingerprint density at radius 2 is 1.81 bits per heavy atom. The summed E-state index contributed by atoms with van der Waals surface area (Å²) in [6.45, 7) is 0. The first-order chi connectivity index (χ1) is 15.4. The number of hydrogen-bond acceptors (Lipinski definition) is 7. The third kappa shape index (κ3) is 2.87. The highest BCUT2D eigenvalue weighted by atomic mass is 19.1. The molecule has 0 radical (unpaired) electrons. The Balaban J connectivity index is 1.69. The lowest BCUT2D eigenvalue weighted by Gasteiger charge is -2.34. The van der Waals surface area contributed by atoms with Crippen molar-refractivity contribution in [3.05, 3.63) is 60.0 Å². The molecule has 1 N–H and O–H groups in total. The molecule has 2 atom stereocenters. The molecule has 0 bridgehead atoms. The van der Waals surface area contributed by atoms with Crippen LogP contribution in [0.1, 0.15) is 5.56 Å². The van der Waals surface area contributed by atoms with E-state index >= 15 is 0 Å². The van der Waals surface area contributed by atoms with Crippen LogP contribution in [0, 0.1) is 5.82 Å². The number of anilines is 1. The fourth-order valence-electron chi connectivity index (χ4n) is 4.11. The number of urea groups is 1. The minimum absolute atomic E-state index is 0.359. The lowest BCUT2D eigenvalue weighted by Crippen LogP contribution is -2.62. The molecule has 3 aliphatic heterocycles. The van der Waals surface area contributed by atoms with E-state index in [-0.39, 0.29) is 5.82 Å². The molecule has 3 aliphatic rings. The monoisotopic (exact) mass is 437 g/mol. The molecule has 10 heteroatoms. The fourth-order valence-corrected chi connectivity index (χ4v) is 4.11. The van der Waals surface area contributed by atoms with Crippen LogP contribution in [-0.2, 0) is 4.79 Å². The summed E-state index contributed by atoms with van der Waals surface area (Å²) in [6.07, 6.45) is 1.09. The molecule has 32 heavy (non-hydrogen) atoms. The molecule has 1 fully saturated rings. The van der Waals surface area contributed by atoms with Gasteiger partial charge in [0.2, 0.25) is 5.96 Å². The minimum Gasteiger partial charge on any atom is -0.497 e. The number of carbonyl (C=O) groups is 2. The van der Waals surface area contributed by atoms with Crippen LogP contribution in [0.5, 0.6) is 11.5 Å². The van der Waals surface area contributed by atoms with Gasteiger partial charge in [-0.2, -0.15) is 0 Å². The number of benzene rings is 2. The fraction of sp³-hybridized carbons (Fsp3) is 0.227. The lowest BCUT2D eigenvalue weighted by atomic mass is 10.1. The number of methoxy groups -OCH3 is 2. The van der Waals surface area contributed by atoms with Crippen molar-refractivity contribution in [2.75, 3.05) is 26.2 Å². The van der Waals surface area contributed by atoms with Crippen LogP contribution in [0.25, 0.3) is 5.70 Å². The second-order valence-corrected chi connectivity index (χ2v) is 7.49.